The smallest absolute Gasteiger partial charge is 0.242 e. The average molecular weight is 468 g/mol. The second-order valence-corrected chi connectivity index (χ2v) is 10.5. The summed E-state index contributed by atoms with van der Waals surface area (Å²) in [6.45, 7) is 3.12. The van der Waals surface area contributed by atoms with E-state index < -0.39 is 10.0 Å². The zero-order valence-corrected chi connectivity index (χ0v) is 20.2. The van der Waals surface area contributed by atoms with Crippen molar-refractivity contribution in [1.82, 2.24) is 18.4 Å². The third kappa shape index (κ3) is 4.51. The Labute approximate surface area is 193 Å². The first-order chi connectivity index (χ1) is 15.7. The summed E-state index contributed by atoms with van der Waals surface area (Å²) in [5, 5.41) is 4.07. The van der Waals surface area contributed by atoms with Crippen LogP contribution in [0.3, 0.4) is 0 Å². The molecule has 0 radical (unpaired) electrons. The zero-order valence-electron chi connectivity index (χ0n) is 19.4. The van der Waals surface area contributed by atoms with E-state index in [9.17, 15) is 13.2 Å². The number of nitrogens with one attached hydrogen (secondary N) is 1. The minimum Gasteiger partial charge on any atom is -0.347 e. The van der Waals surface area contributed by atoms with Gasteiger partial charge in [-0.2, -0.15) is 0 Å². The maximum Gasteiger partial charge on any atom is 0.242 e. The highest BCUT2D eigenvalue weighted by atomic mass is 32.2. The summed E-state index contributed by atoms with van der Waals surface area (Å²) < 4.78 is 30.1. The lowest BCUT2D eigenvalue weighted by molar-refractivity contribution is -0.116. The molecule has 0 bridgehead atoms. The molecular formula is C24H29N5O3S. The van der Waals surface area contributed by atoms with Crippen molar-refractivity contribution in [3.63, 3.8) is 0 Å². The third-order valence-corrected chi connectivity index (χ3v) is 7.63. The van der Waals surface area contributed by atoms with Gasteiger partial charge in [-0.1, -0.05) is 6.92 Å². The number of anilines is 1. The summed E-state index contributed by atoms with van der Waals surface area (Å²) in [6, 6.07) is 12.9. The van der Waals surface area contributed by atoms with Crippen LogP contribution in [0, 0.1) is 0 Å². The van der Waals surface area contributed by atoms with E-state index in [1.165, 1.54) is 18.4 Å². The summed E-state index contributed by atoms with van der Waals surface area (Å²) in [7, 11) is 1.34. The number of amides is 1. The van der Waals surface area contributed by atoms with Gasteiger partial charge >= 0.3 is 0 Å². The molecule has 4 rings (SSSR count). The van der Waals surface area contributed by atoms with E-state index in [1.54, 1.807) is 18.2 Å². The molecular weight excluding hydrogens is 438 g/mol. The summed E-state index contributed by atoms with van der Waals surface area (Å²) >= 11 is 0. The van der Waals surface area contributed by atoms with E-state index in [1.807, 2.05) is 29.8 Å². The molecule has 0 aliphatic carbocycles. The highest BCUT2D eigenvalue weighted by Gasteiger charge is 2.19. The summed E-state index contributed by atoms with van der Waals surface area (Å²) in [5.41, 5.74) is 3.35. The van der Waals surface area contributed by atoms with Crippen LogP contribution in [0.1, 0.15) is 25.6 Å². The number of aryl methyl sites for hydroxylation is 3. The standard InChI is InChI=1S/C24H29N5O3S/c1-5-13-29-14-12-17-15-18(6-8-21(17)29)25-24(30)11-10-23-26-20-16-19(33(31,32)27(2)3)7-9-22(20)28(23)4/h6-9,12,14-16H,5,10-11,13H2,1-4H3,(H,25,30). The summed E-state index contributed by atoms with van der Waals surface area (Å²) in [6.07, 6.45) is 3.86. The normalized spacial score (nSPS) is 12.2. The highest BCUT2D eigenvalue weighted by Crippen LogP contribution is 2.23. The van der Waals surface area contributed by atoms with Crippen molar-refractivity contribution in [2.45, 2.75) is 37.6 Å². The van der Waals surface area contributed by atoms with E-state index in [0.29, 0.717) is 11.9 Å². The first-order valence-electron chi connectivity index (χ1n) is 11.0. The van der Waals surface area contributed by atoms with Gasteiger partial charge in [-0.05, 0) is 48.9 Å². The molecule has 1 amide bonds. The van der Waals surface area contributed by atoms with Crippen molar-refractivity contribution < 1.29 is 13.2 Å². The molecule has 0 aliphatic rings. The number of carbonyl (C=O) groups is 1. The van der Waals surface area contributed by atoms with Crippen LogP contribution in [0.25, 0.3) is 21.9 Å². The van der Waals surface area contributed by atoms with Crippen molar-refractivity contribution in [2.75, 3.05) is 19.4 Å². The molecule has 0 aliphatic heterocycles. The van der Waals surface area contributed by atoms with Gasteiger partial charge in [-0.25, -0.2) is 17.7 Å². The number of fused-ring (bicyclic) bond motifs is 2. The van der Waals surface area contributed by atoms with Gasteiger partial charge in [0.15, 0.2) is 0 Å². The molecule has 174 valence electrons. The molecule has 1 N–H and O–H groups in total. The molecule has 0 saturated heterocycles. The van der Waals surface area contributed by atoms with Gasteiger partial charge in [0.05, 0.1) is 15.9 Å². The molecule has 0 unspecified atom stereocenters. The van der Waals surface area contributed by atoms with Crippen molar-refractivity contribution >= 4 is 43.6 Å². The largest absolute Gasteiger partial charge is 0.347 e. The van der Waals surface area contributed by atoms with Gasteiger partial charge in [0.25, 0.3) is 0 Å². The Balaban J connectivity index is 1.46. The second kappa shape index (κ2) is 8.99. The fourth-order valence-corrected chi connectivity index (χ4v) is 4.91. The molecule has 0 spiro atoms. The number of imidazole rings is 1. The number of hydrogen-bond acceptors (Lipinski definition) is 4. The average Bonchev–Trinajstić information content (AvgIpc) is 3.32. The fourth-order valence-electron chi connectivity index (χ4n) is 3.99. The topological polar surface area (TPSA) is 89.2 Å². The number of sulfonamides is 1. The number of nitrogens with zero attached hydrogens (tertiary/aromatic N) is 4. The van der Waals surface area contributed by atoms with Crippen LogP contribution in [0.5, 0.6) is 0 Å². The summed E-state index contributed by atoms with van der Waals surface area (Å²) in [4.78, 5) is 17.4. The molecule has 2 aromatic heterocycles. The van der Waals surface area contributed by atoms with Gasteiger partial charge in [0, 0.05) is 63.3 Å². The highest BCUT2D eigenvalue weighted by molar-refractivity contribution is 7.89. The van der Waals surface area contributed by atoms with Crippen LogP contribution in [0.4, 0.5) is 5.69 Å². The van der Waals surface area contributed by atoms with Crippen molar-refractivity contribution in [3.8, 4) is 0 Å². The van der Waals surface area contributed by atoms with E-state index in [-0.39, 0.29) is 17.2 Å². The predicted molar refractivity (Wildman–Crippen MR) is 131 cm³/mol. The second-order valence-electron chi connectivity index (χ2n) is 8.36. The Kier molecular flexibility index (Phi) is 6.27. The van der Waals surface area contributed by atoms with Crippen LogP contribution in [0.15, 0.2) is 53.6 Å². The fraction of sp³-hybridized carbons (Fsp3) is 0.333. The molecule has 2 aromatic carbocycles. The first-order valence-corrected chi connectivity index (χ1v) is 12.4. The van der Waals surface area contributed by atoms with E-state index >= 15 is 0 Å². The van der Waals surface area contributed by atoms with Gasteiger partial charge in [-0.15, -0.1) is 0 Å². The Morgan fingerprint density at radius 2 is 1.85 bits per heavy atom. The summed E-state index contributed by atoms with van der Waals surface area (Å²) in [5.74, 6) is 0.636. The van der Waals surface area contributed by atoms with Gasteiger partial charge in [0.1, 0.15) is 5.82 Å². The molecule has 4 aromatic rings. The van der Waals surface area contributed by atoms with Gasteiger partial charge in [-0.3, -0.25) is 4.79 Å². The molecule has 8 nitrogen and oxygen atoms in total. The van der Waals surface area contributed by atoms with Crippen molar-refractivity contribution in [1.29, 1.82) is 0 Å². The molecule has 2 heterocycles. The lowest BCUT2D eigenvalue weighted by Crippen LogP contribution is -2.22. The number of rotatable bonds is 8. The van der Waals surface area contributed by atoms with Gasteiger partial charge in [0.2, 0.25) is 15.9 Å². The van der Waals surface area contributed by atoms with Crippen LogP contribution < -0.4 is 5.32 Å². The lowest BCUT2D eigenvalue weighted by Gasteiger charge is -2.10. The minimum absolute atomic E-state index is 0.0923. The van der Waals surface area contributed by atoms with Crippen LogP contribution in [0.2, 0.25) is 0 Å². The first kappa shape index (κ1) is 23.0. The van der Waals surface area contributed by atoms with Crippen LogP contribution in [-0.4, -0.2) is 46.8 Å². The Morgan fingerprint density at radius 1 is 1.09 bits per heavy atom. The Hall–Kier alpha value is -3.17. The van der Waals surface area contributed by atoms with E-state index in [4.69, 9.17) is 0 Å². The quantitative estimate of drug-likeness (QED) is 0.427. The molecule has 0 atom stereocenters. The number of hydrogen-bond donors (Lipinski definition) is 1. The monoisotopic (exact) mass is 467 g/mol. The zero-order chi connectivity index (χ0) is 23.8. The van der Waals surface area contributed by atoms with E-state index in [2.05, 4.69) is 34.1 Å². The Morgan fingerprint density at radius 3 is 2.58 bits per heavy atom. The maximum atomic E-state index is 12.6. The lowest BCUT2D eigenvalue weighted by atomic mass is 10.2. The van der Waals surface area contributed by atoms with Gasteiger partial charge < -0.3 is 14.5 Å². The van der Waals surface area contributed by atoms with Crippen molar-refractivity contribution in [3.05, 3.63) is 54.5 Å². The minimum atomic E-state index is -3.53. The number of benzene rings is 2. The predicted octanol–water partition coefficient (Wildman–Crippen LogP) is 3.76. The Bertz CT molecular complexity index is 1430. The van der Waals surface area contributed by atoms with Crippen LogP contribution >= 0.6 is 0 Å². The number of aromatic nitrogens is 3. The van der Waals surface area contributed by atoms with Crippen molar-refractivity contribution in [2.24, 2.45) is 7.05 Å². The molecule has 33 heavy (non-hydrogen) atoms. The van der Waals surface area contributed by atoms with E-state index in [0.717, 1.165) is 40.9 Å². The molecule has 0 saturated carbocycles. The number of carbonyl (C=O) groups excluding carboxylic acids is 1. The molecule has 9 heteroatoms. The maximum absolute atomic E-state index is 12.6. The van der Waals surface area contributed by atoms with Crippen LogP contribution in [-0.2, 0) is 34.8 Å². The third-order valence-electron chi connectivity index (χ3n) is 5.82. The SMILES string of the molecule is CCCn1ccc2cc(NC(=O)CCc3nc4cc(S(=O)(=O)N(C)C)ccc4n3C)ccc21. The molecule has 0 fully saturated rings.